The molecule has 0 unspecified atom stereocenters. The van der Waals surface area contributed by atoms with Crippen LogP contribution in [0.25, 0.3) is 0 Å². The Hall–Kier alpha value is -2.29. The number of hydrogen-bond donors (Lipinski definition) is 1. The topological polar surface area (TPSA) is 38.3 Å². The van der Waals surface area contributed by atoms with E-state index in [9.17, 15) is 4.79 Å². The SMILES string of the molecule is Cc1cc(C)c([C@H](C)NC(=O)[C@@H](C)Oc2ccccc2C)cc1C. The smallest absolute Gasteiger partial charge is 0.261 e. The summed E-state index contributed by atoms with van der Waals surface area (Å²) in [5.74, 6) is 0.638. The van der Waals surface area contributed by atoms with E-state index >= 15 is 0 Å². The Balaban J connectivity index is 2.06. The minimum Gasteiger partial charge on any atom is -0.481 e. The number of para-hydroxylation sites is 1. The van der Waals surface area contributed by atoms with Gasteiger partial charge in [-0.25, -0.2) is 0 Å². The maximum atomic E-state index is 12.5. The molecule has 3 heteroatoms. The van der Waals surface area contributed by atoms with E-state index in [4.69, 9.17) is 4.74 Å². The van der Waals surface area contributed by atoms with Gasteiger partial charge in [-0.05, 0) is 75.4 Å². The predicted octanol–water partition coefficient (Wildman–Crippen LogP) is 4.56. The highest BCUT2D eigenvalue weighted by atomic mass is 16.5. The van der Waals surface area contributed by atoms with Crippen LogP contribution >= 0.6 is 0 Å². The lowest BCUT2D eigenvalue weighted by atomic mass is 9.96. The van der Waals surface area contributed by atoms with Gasteiger partial charge in [0.05, 0.1) is 6.04 Å². The number of amides is 1. The Morgan fingerprint density at radius 3 is 2.21 bits per heavy atom. The van der Waals surface area contributed by atoms with E-state index in [1.165, 1.54) is 16.7 Å². The van der Waals surface area contributed by atoms with Crippen LogP contribution in [-0.2, 0) is 4.79 Å². The number of hydrogen-bond acceptors (Lipinski definition) is 2. The van der Waals surface area contributed by atoms with Crippen LogP contribution in [0.2, 0.25) is 0 Å². The van der Waals surface area contributed by atoms with Crippen molar-refractivity contribution in [3.8, 4) is 5.75 Å². The van der Waals surface area contributed by atoms with E-state index in [2.05, 4.69) is 38.2 Å². The fourth-order valence-corrected chi connectivity index (χ4v) is 2.79. The van der Waals surface area contributed by atoms with Crippen molar-refractivity contribution < 1.29 is 9.53 Å². The minimum atomic E-state index is -0.541. The summed E-state index contributed by atoms with van der Waals surface area (Å²) in [6.45, 7) is 12.0. The van der Waals surface area contributed by atoms with E-state index in [-0.39, 0.29) is 11.9 Å². The number of carbonyl (C=O) groups is 1. The van der Waals surface area contributed by atoms with E-state index in [0.717, 1.165) is 16.9 Å². The fraction of sp³-hybridized carbons (Fsp3) is 0.381. The van der Waals surface area contributed by atoms with Gasteiger partial charge in [-0.2, -0.15) is 0 Å². The second kappa shape index (κ2) is 7.52. The van der Waals surface area contributed by atoms with Crippen molar-refractivity contribution in [1.82, 2.24) is 5.32 Å². The summed E-state index contributed by atoms with van der Waals surface area (Å²) in [7, 11) is 0. The molecule has 0 saturated heterocycles. The second-order valence-corrected chi connectivity index (χ2v) is 6.55. The molecule has 24 heavy (non-hydrogen) atoms. The van der Waals surface area contributed by atoms with Crippen LogP contribution in [0.4, 0.5) is 0 Å². The number of benzene rings is 2. The summed E-state index contributed by atoms with van der Waals surface area (Å²) in [6.07, 6.45) is -0.541. The second-order valence-electron chi connectivity index (χ2n) is 6.55. The Bertz CT molecular complexity index is 737. The zero-order valence-electron chi connectivity index (χ0n) is 15.4. The maximum absolute atomic E-state index is 12.5. The number of rotatable bonds is 5. The first-order valence-corrected chi connectivity index (χ1v) is 8.40. The molecular formula is C21H27NO2. The summed E-state index contributed by atoms with van der Waals surface area (Å²) < 4.78 is 5.80. The highest BCUT2D eigenvalue weighted by molar-refractivity contribution is 5.81. The molecule has 0 aliphatic rings. The van der Waals surface area contributed by atoms with Gasteiger partial charge in [0.1, 0.15) is 5.75 Å². The van der Waals surface area contributed by atoms with Crippen molar-refractivity contribution in [1.29, 1.82) is 0 Å². The first-order chi connectivity index (χ1) is 11.3. The van der Waals surface area contributed by atoms with Crippen LogP contribution < -0.4 is 10.1 Å². The molecule has 0 aliphatic carbocycles. The first-order valence-electron chi connectivity index (χ1n) is 8.40. The molecule has 3 nitrogen and oxygen atoms in total. The normalized spacial score (nSPS) is 13.2. The number of ether oxygens (including phenoxy) is 1. The molecule has 0 saturated carbocycles. The molecule has 128 valence electrons. The van der Waals surface area contributed by atoms with Gasteiger partial charge in [0, 0.05) is 0 Å². The molecule has 2 aromatic rings. The third-order valence-corrected chi connectivity index (χ3v) is 4.47. The van der Waals surface area contributed by atoms with Crippen LogP contribution in [0.1, 0.15) is 47.7 Å². The molecule has 0 fully saturated rings. The monoisotopic (exact) mass is 325 g/mol. The zero-order chi connectivity index (χ0) is 17.9. The van der Waals surface area contributed by atoms with Gasteiger partial charge in [-0.15, -0.1) is 0 Å². The zero-order valence-corrected chi connectivity index (χ0v) is 15.4. The molecule has 0 heterocycles. The molecule has 2 rings (SSSR count). The molecule has 0 spiro atoms. The standard InChI is InChI=1S/C21H27NO2/c1-13-9-7-8-10-20(13)24-18(6)21(23)22-17(5)19-12-15(3)14(2)11-16(19)4/h7-12,17-18H,1-6H3,(H,22,23)/t17-,18+/m0/s1. The lowest BCUT2D eigenvalue weighted by Crippen LogP contribution is -2.38. The van der Waals surface area contributed by atoms with Gasteiger partial charge in [0.15, 0.2) is 6.10 Å². The van der Waals surface area contributed by atoms with E-state index in [0.29, 0.717) is 0 Å². The van der Waals surface area contributed by atoms with Crippen molar-refractivity contribution >= 4 is 5.91 Å². The van der Waals surface area contributed by atoms with Gasteiger partial charge in [-0.3, -0.25) is 4.79 Å². The van der Waals surface area contributed by atoms with E-state index in [1.807, 2.05) is 38.1 Å². The Morgan fingerprint density at radius 1 is 0.917 bits per heavy atom. The van der Waals surface area contributed by atoms with Crippen molar-refractivity contribution in [3.05, 3.63) is 64.2 Å². The average Bonchev–Trinajstić information content (AvgIpc) is 2.52. The molecule has 2 atom stereocenters. The number of aryl methyl sites for hydroxylation is 4. The molecular weight excluding hydrogens is 298 g/mol. The van der Waals surface area contributed by atoms with Gasteiger partial charge >= 0.3 is 0 Å². The van der Waals surface area contributed by atoms with Crippen LogP contribution in [0.15, 0.2) is 36.4 Å². The maximum Gasteiger partial charge on any atom is 0.261 e. The summed E-state index contributed by atoms with van der Waals surface area (Å²) >= 11 is 0. The molecule has 0 radical (unpaired) electrons. The largest absolute Gasteiger partial charge is 0.481 e. The van der Waals surface area contributed by atoms with Gasteiger partial charge < -0.3 is 10.1 Å². The summed E-state index contributed by atoms with van der Waals surface area (Å²) in [4.78, 5) is 12.5. The minimum absolute atomic E-state index is 0.0558. The summed E-state index contributed by atoms with van der Waals surface area (Å²) in [6, 6.07) is 12.0. The van der Waals surface area contributed by atoms with Gasteiger partial charge in [-0.1, -0.05) is 30.3 Å². The van der Waals surface area contributed by atoms with Gasteiger partial charge in [0.25, 0.3) is 5.91 Å². The molecule has 0 bridgehead atoms. The lowest BCUT2D eigenvalue weighted by molar-refractivity contribution is -0.127. The molecule has 0 aliphatic heterocycles. The van der Waals surface area contributed by atoms with Crippen LogP contribution in [0.3, 0.4) is 0 Å². The lowest BCUT2D eigenvalue weighted by Gasteiger charge is -2.21. The molecule has 2 aromatic carbocycles. The molecule has 0 aromatic heterocycles. The summed E-state index contributed by atoms with van der Waals surface area (Å²) in [5.41, 5.74) is 5.87. The van der Waals surface area contributed by atoms with Crippen molar-refractivity contribution in [2.24, 2.45) is 0 Å². The highest BCUT2D eigenvalue weighted by Gasteiger charge is 2.19. The first kappa shape index (κ1) is 18.1. The number of carbonyl (C=O) groups excluding carboxylic acids is 1. The third-order valence-electron chi connectivity index (χ3n) is 4.47. The third kappa shape index (κ3) is 4.16. The van der Waals surface area contributed by atoms with Crippen LogP contribution in [0.5, 0.6) is 5.75 Å². The molecule has 1 N–H and O–H groups in total. The summed E-state index contributed by atoms with van der Waals surface area (Å²) in [5, 5.41) is 3.06. The highest BCUT2D eigenvalue weighted by Crippen LogP contribution is 2.22. The Kier molecular flexibility index (Phi) is 5.66. The van der Waals surface area contributed by atoms with Crippen LogP contribution in [-0.4, -0.2) is 12.0 Å². The predicted molar refractivity (Wildman–Crippen MR) is 98.5 cm³/mol. The van der Waals surface area contributed by atoms with Crippen molar-refractivity contribution in [2.75, 3.05) is 0 Å². The van der Waals surface area contributed by atoms with E-state index in [1.54, 1.807) is 6.92 Å². The van der Waals surface area contributed by atoms with Crippen molar-refractivity contribution in [3.63, 3.8) is 0 Å². The fourth-order valence-electron chi connectivity index (χ4n) is 2.79. The average molecular weight is 325 g/mol. The van der Waals surface area contributed by atoms with Crippen molar-refractivity contribution in [2.45, 2.75) is 53.7 Å². The van der Waals surface area contributed by atoms with Crippen LogP contribution in [0, 0.1) is 27.7 Å². The quantitative estimate of drug-likeness (QED) is 0.875. The Morgan fingerprint density at radius 2 is 1.54 bits per heavy atom. The Labute approximate surface area is 145 Å². The van der Waals surface area contributed by atoms with E-state index < -0.39 is 6.10 Å². The molecule has 1 amide bonds. The number of nitrogens with one attached hydrogen (secondary N) is 1. The van der Waals surface area contributed by atoms with Gasteiger partial charge in [0.2, 0.25) is 0 Å².